The smallest absolute Gasteiger partial charge is 0.231 e. The van der Waals surface area contributed by atoms with Crippen LogP contribution in [0.3, 0.4) is 0 Å². The van der Waals surface area contributed by atoms with E-state index in [0.717, 1.165) is 0 Å². The summed E-state index contributed by atoms with van der Waals surface area (Å²) in [6, 6.07) is 2.61. The predicted octanol–water partition coefficient (Wildman–Crippen LogP) is 2.54. The van der Waals surface area contributed by atoms with Crippen LogP contribution in [0, 0.1) is 5.82 Å². The second-order valence-electron chi connectivity index (χ2n) is 3.36. The first kappa shape index (κ1) is 9.96. The minimum atomic E-state index is -0.544. The molecule has 0 saturated heterocycles. The van der Waals surface area contributed by atoms with Gasteiger partial charge in [0.1, 0.15) is 5.82 Å². The van der Waals surface area contributed by atoms with Crippen LogP contribution in [-0.4, -0.2) is 12.6 Å². The van der Waals surface area contributed by atoms with Crippen molar-refractivity contribution >= 4 is 5.78 Å². The zero-order valence-electron chi connectivity index (χ0n) is 8.38. The highest BCUT2D eigenvalue weighted by Crippen LogP contribution is 2.34. The Bertz CT molecular complexity index is 401. The number of benzene rings is 1. The summed E-state index contributed by atoms with van der Waals surface area (Å²) in [6.07, 6.45) is 1.04. The monoisotopic (exact) mass is 210 g/mol. The van der Waals surface area contributed by atoms with Gasteiger partial charge in [-0.15, -0.1) is 0 Å². The molecule has 1 aromatic rings. The summed E-state index contributed by atoms with van der Waals surface area (Å²) >= 11 is 0. The Morgan fingerprint density at radius 1 is 1.40 bits per heavy atom. The van der Waals surface area contributed by atoms with Crippen molar-refractivity contribution in [3.63, 3.8) is 0 Å². The van der Waals surface area contributed by atoms with E-state index in [9.17, 15) is 9.18 Å². The number of hydrogen-bond acceptors (Lipinski definition) is 3. The SMILES string of the molecule is CCCC(=O)c1cc2c(cc1F)OCO2. The average molecular weight is 210 g/mol. The van der Waals surface area contributed by atoms with Crippen LogP contribution in [0.2, 0.25) is 0 Å². The van der Waals surface area contributed by atoms with Crippen molar-refractivity contribution in [3.8, 4) is 11.5 Å². The third kappa shape index (κ3) is 1.79. The molecule has 2 rings (SSSR count). The Labute approximate surface area is 86.8 Å². The number of ketones is 1. The van der Waals surface area contributed by atoms with E-state index in [1.54, 1.807) is 0 Å². The molecule has 0 N–H and O–H groups in total. The minimum Gasteiger partial charge on any atom is -0.454 e. The van der Waals surface area contributed by atoms with E-state index in [4.69, 9.17) is 9.47 Å². The van der Waals surface area contributed by atoms with Crippen molar-refractivity contribution in [1.82, 2.24) is 0 Å². The molecule has 0 bridgehead atoms. The molecule has 0 saturated carbocycles. The zero-order chi connectivity index (χ0) is 10.8. The second kappa shape index (κ2) is 3.88. The number of halogens is 1. The van der Waals surface area contributed by atoms with Crippen LogP contribution < -0.4 is 9.47 Å². The number of rotatable bonds is 3. The molecule has 0 amide bonds. The van der Waals surface area contributed by atoms with E-state index in [1.165, 1.54) is 12.1 Å². The fraction of sp³-hybridized carbons (Fsp3) is 0.364. The Hall–Kier alpha value is -1.58. The Kier molecular flexibility index (Phi) is 2.58. The van der Waals surface area contributed by atoms with Gasteiger partial charge in [-0.05, 0) is 12.5 Å². The molecule has 1 aromatic carbocycles. The van der Waals surface area contributed by atoms with Crippen molar-refractivity contribution in [2.24, 2.45) is 0 Å². The average Bonchev–Trinajstić information content (AvgIpc) is 2.63. The van der Waals surface area contributed by atoms with E-state index in [-0.39, 0.29) is 18.1 Å². The first-order chi connectivity index (χ1) is 7.22. The number of fused-ring (bicyclic) bond motifs is 1. The highest BCUT2D eigenvalue weighted by Gasteiger charge is 2.20. The van der Waals surface area contributed by atoms with Gasteiger partial charge in [0.25, 0.3) is 0 Å². The summed E-state index contributed by atoms with van der Waals surface area (Å²) in [6.45, 7) is 1.96. The van der Waals surface area contributed by atoms with Crippen molar-refractivity contribution in [3.05, 3.63) is 23.5 Å². The molecule has 0 aromatic heterocycles. The number of hydrogen-bond donors (Lipinski definition) is 0. The van der Waals surface area contributed by atoms with Gasteiger partial charge in [-0.3, -0.25) is 4.79 Å². The lowest BCUT2D eigenvalue weighted by Crippen LogP contribution is -2.01. The third-order valence-electron chi connectivity index (χ3n) is 2.24. The highest BCUT2D eigenvalue weighted by molar-refractivity contribution is 5.97. The van der Waals surface area contributed by atoms with E-state index in [0.29, 0.717) is 24.3 Å². The van der Waals surface area contributed by atoms with Crippen LogP contribution in [0.25, 0.3) is 0 Å². The normalized spacial score (nSPS) is 12.9. The van der Waals surface area contributed by atoms with Crippen LogP contribution in [0.4, 0.5) is 4.39 Å². The molecule has 80 valence electrons. The lowest BCUT2D eigenvalue weighted by atomic mass is 10.1. The number of carbonyl (C=O) groups is 1. The molecule has 1 aliphatic heterocycles. The third-order valence-corrected chi connectivity index (χ3v) is 2.24. The van der Waals surface area contributed by atoms with E-state index < -0.39 is 5.82 Å². The van der Waals surface area contributed by atoms with Crippen LogP contribution in [0.15, 0.2) is 12.1 Å². The van der Waals surface area contributed by atoms with Crippen molar-refractivity contribution in [1.29, 1.82) is 0 Å². The molecule has 4 heteroatoms. The van der Waals surface area contributed by atoms with Gasteiger partial charge >= 0.3 is 0 Å². The van der Waals surface area contributed by atoms with Crippen LogP contribution in [0.1, 0.15) is 30.1 Å². The maximum Gasteiger partial charge on any atom is 0.231 e. The van der Waals surface area contributed by atoms with Crippen molar-refractivity contribution in [2.75, 3.05) is 6.79 Å². The maximum atomic E-state index is 13.5. The van der Waals surface area contributed by atoms with Gasteiger partial charge in [-0.2, -0.15) is 0 Å². The zero-order valence-corrected chi connectivity index (χ0v) is 8.38. The van der Waals surface area contributed by atoms with Crippen LogP contribution in [0.5, 0.6) is 11.5 Å². The Morgan fingerprint density at radius 3 is 2.73 bits per heavy atom. The second-order valence-corrected chi connectivity index (χ2v) is 3.36. The van der Waals surface area contributed by atoms with Gasteiger partial charge in [0.2, 0.25) is 6.79 Å². The number of Topliss-reactive ketones (excluding diaryl/α,β-unsaturated/α-hetero) is 1. The largest absolute Gasteiger partial charge is 0.454 e. The molecular weight excluding hydrogens is 199 g/mol. The molecule has 3 nitrogen and oxygen atoms in total. The van der Waals surface area contributed by atoms with Crippen LogP contribution >= 0.6 is 0 Å². The van der Waals surface area contributed by atoms with Gasteiger partial charge in [0, 0.05) is 12.5 Å². The topological polar surface area (TPSA) is 35.5 Å². The van der Waals surface area contributed by atoms with Gasteiger partial charge in [-0.1, -0.05) is 6.92 Å². The first-order valence-electron chi connectivity index (χ1n) is 4.84. The Morgan fingerprint density at radius 2 is 2.07 bits per heavy atom. The molecular formula is C11H11FO3. The lowest BCUT2D eigenvalue weighted by molar-refractivity contribution is 0.0977. The maximum absolute atomic E-state index is 13.5. The predicted molar refractivity (Wildman–Crippen MR) is 51.8 cm³/mol. The standard InChI is InChI=1S/C11H11FO3/c1-2-3-9(13)7-4-10-11(5-8(7)12)15-6-14-10/h4-5H,2-3,6H2,1H3. The highest BCUT2D eigenvalue weighted by atomic mass is 19.1. The van der Waals surface area contributed by atoms with E-state index in [1.807, 2.05) is 6.92 Å². The van der Waals surface area contributed by atoms with Crippen LogP contribution in [-0.2, 0) is 0 Å². The molecule has 1 heterocycles. The molecule has 15 heavy (non-hydrogen) atoms. The summed E-state index contributed by atoms with van der Waals surface area (Å²) in [5.74, 6) is 0.0578. The molecule has 0 radical (unpaired) electrons. The molecule has 0 unspecified atom stereocenters. The lowest BCUT2D eigenvalue weighted by Gasteiger charge is -2.03. The van der Waals surface area contributed by atoms with Gasteiger partial charge < -0.3 is 9.47 Å². The van der Waals surface area contributed by atoms with Crippen molar-refractivity contribution in [2.45, 2.75) is 19.8 Å². The molecule has 0 aliphatic carbocycles. The molecule has 0 atom stereocenters. The summed E-state index contributed by atoms with van der Waals surface area (Å²) in [5, 5.41) is 0. The van der Waals surface area contributed by atoms with Gasteiger partial charge in [0.05, 0.1) is 5.56 Å². The van der Waals surface area contributed by atoms with Crippen molar-refractivity contribution < 1.29 is 18.7 Å². The summed E-state index contributed by atoms with van der Waals surface area (Å²) in [5.41, 5.74) is 0.0844. The fourth-order valence-corrected chi connectivity index (χ4v) is 1.49. The quantitative estimate of drug-likeness (QED) is 0.719. The molecule has 0 spiro atoms. The molecule has 1 aliphatic rings. The number of carbonyl (C=O) groups excluding carboxylic acids is 1. The minimum absolute atomic E-state index is 0.0835. The fourth-order valence-electron chi connectivity index (χ4n) is 1.49. The number of ether oxygens (including phenoxy) is 2. The Balaban J connectivity index is 2.36. The van der Waals surface area contributed by atoms with Gasteiger partial charge in [-0.25, -0.2) is 4.39 Å². The molecule has 0 fully saturated rings. The first-order valence-corrected chi connectivity index (χ1v) is 4.84. The summed E-state index contributed by atoms with van der Waals surface area (Å²) in [7, 11) is 0. The van der Waals surface area contributed by atoms with E-state index >= 15 is 0 Å². The van der Waals surface area contributed by atoms with E-state index in [2.05, 4.69) is 0 Å². The summed E-state index contributed by atoms with van der Waals surface area (Å²) in [4.78, 5) is 11.5. The van der Waals surface area contributed by atoms with Gasteiger partial charge in [0.15, 0.2) is 17.3 Å². The summed E-state index contributed by atoms with van der Waals surface area (Å²) < 4.78 is 23.5.